The lowest BCUT2D eigenvalue weighted by Crippen LogP contribution is -1.91. The Morgan fingerprint density at radius 1 is 0.319 bits per heavy atom. The van der Waals surface area contributed by atoms with Gasteiger partial charge >= 0.3 is 0 Å². The van der Waals surface area contributed by atoms with Crippen molar-refractivity contribution in [2.24, 2.45) is 0 Å². The van der Waals surface area contributed by atoms with Gasteiger partial charge in [-0.3, -0.25) is 0 Å². The number of hydrogen-bond acceptors (Lipinski definition) is 1. The first-order valence-electron chi connectivity index (χ1n) is 27.9. The van der Waals surface area contributed by atoms with Crippen LogP contribution in [0, 0.1) is 0 Å². The third kappa shape index (κ3) is 4.03. The molecule has 0 saturated carbocycles. The molecule has 0 unspecified atom stereocenters. The highest BCUT2D eigenvalue weighted by atomic mass is 16.3. The largest absolute Gasteiger partial charge is 0.455 e. The number of para-hydroxylation sites is 1. The summed E-state index contributed by atoms with van der Waals surface area (Å²) in [6, 6.07) is -25.4. The van der Waals surface area contributed by atoms with E-state index in [1.165, 1.54) is 0 Å². The molecular weight excluding hydrogens is 569 g/mol. The molecule has 0 radical (unpaired) electrons. The third-order valence-corrected chi connectivity index (χ3v) is 7.69. The van der Waals surface area contributed by atoms with E-state index in [0.29, 0.717) is 0 Å². The van der Waals surface area contributed by atoms with E-state index >= 15 is 0 Å². The Hall–Kier alpha value is -6.18. The molecule has 9 aromatic carbocycles. The molecule has 1 nitrogen and oxygen atoms in total. The molecule has 0 bridgehead atoms. The third-order valence-electron chi connectivity index (χ3n) is 7.69. The number of rotatable bonds is 3. The minimum atomic E-state index is -1.10. The summed E-state index contributed by atoms with van der Waals surface area (Å²) >= 11 is 0. The molecule has 0 aliphatic heterocycles. The van der Waals surface area contributed by atoms with Crippen molar-refractivity contribution < 1.29 is 42.8 Å². The van der Waals surface area contributed by atoms with Crippen molar-refractivity contribution in [3.05, 3.63) is 169 Å². The Balaban J connectivity index is 1.39. The second kappa shape index (κ2) is 10.2. The van der Waals surface area contributed by atoms with Crippen LogP contribution in [0.2, 0.25) is 0 Å². The van der Waals surface area contributed by atoms with E-state index < -0.39 is 257 Å². The highest BCUT2D eigenvalue weighted by Gasteiger charge is 2.17. The molecule has 0 amide bonds. The Bertz CT molecular complexity index is 4330. The first-order valence-corrected chi connectivity index (χ1v) is 13.9. The standard InChI is InChI=1S/C46H28O/c1-2-10-32-28-35(22-19-29(32)9-1)45-40-14-5-3-12-38(40)44(39-13-4-6-15-41(39)45)31-20-17-30(18-21-31)33-23-25-36-34(27-33)24-26-42-37-11-7-8-16-43(37)47-46(36)42/h1-28H/i1D,2D,3D,4D,5D,6D,7D,8D,9D,10D,11D,12D,13D,14D,15D,16D,17D,18D,19D,20D,21D,22D,23D,24D,25D,26D,27D,28D. The van der Waals surface area contributed by atoms with Crippen LogP contribution >= 0.6 is 0 Å². The van der Waals surface area contributed by atoms with Crippen LogP contribution in [0.25, 0.3) is 98.4 Å². The molecule has 218 valence electrons. The predicted octanol–water partition coefficient (Wildman–Crippen LogP) is 13.2. The number of hydrogen-bond donors (Lipinski definition) is 0. The van der Waals surface area contributed by atoms with Gasteiger partial charge in [0.15, 0.2) is 0 Å². The monoisotopic (exact) mass is 624 g/mol. The SMILES string of the molecule is [2H]c1c([2H])c(-c2c3c([2H])c([2H])c([2H])c([2H])c3c(-c3c([2H])c([2H])c4c([2H])c([2H])c([2H])c([2H])c4c3[2H])c3c([2H])c([2H])c([2H])c([2H])c23)c([2H])c([2H])c1-c1c([2H])c([2H])c2c(c1[2H])c([2H])c([2H])c1c2oc2c([2H])c([2H])c([2H])c([2H])c21. The van der Waals surface area contributed by atoms with Crippen LogP contribution in [0.4, 0.5) is 0 Å². The van der Waals surface area contributed by atoms with Gasteiger partial charge in [0.2, 0.25) is 0 Å². The minimum Gasteiger partial charge on any atom is -0.455 e. The predicted molar refractivity (Wildman–Crippen MR) is 200 cm³/mol. The van der Waals surface area contributed by atoms with Gasteiger partial charge in [0, 0.05) is 16.2 Å². The molecule has 1 heterocycles. The molecule has 1 heteroatoms. The maximum atomic E-state index is 9.57. The summed E-state index contributed by atoms with van der Waals surface area (Å²) in [4.78, 5) is 0. The summed E-state index contributed by atoms with van der Waals surface area (Å²) < 4.78 is 257. The van der Waals surface area contributed by atoms with Crippen molar-refractivity contribution in [1.82, 2.24) is 0 Å². The van der Waals surface area contributed by atoms with E-state index in [2.05, 4.69) is 0 Å². The molecular formula is C46H28O. The molecule has 0 aliphatic carbocycles. The van der Waals surface area contributed by atoms with Crippen molar-refractivity contribution in [2.45, 2.75) is 0 Å². The fraction of sp³-hybridized carbons (Fsp3) is 0. The van der Waals surface area contributed by atoms with Gasteiger partial charge in [-0.2, -0.15) is 0 Å². The lowest BCUT2D eigenvalue weighted by molar-refractivity contribution is 0.672. The van der Waals surface area contributed by atoms with Crippen LogP contribution in [-0.4, -0.2) is 0 Å². The molecule has 47 heavy (non-hydrogen) atoms. The smallest absolute Gasteiger partial charge is 0.143 e. The van der Waals surface area contributed by atoms with E-state index in [-0.39, 0.29) is 10.8 Å². The maximum Gasteiger partial charge on any atom is 0.143 e. The molecule has 0 saturated heterocycles. The Morgan fingerprint density at radius 3 is 1.53 bits per heavy atom. The average molecular weight is 625 g/mol. The maximum absolute atomic E-state index is 9.57. The number of benzene rings is 9. The Labute approximate surface area is 311 Å². The molecule has 0 atom stereocenters. The van der Waals surface area contributed by atoms with Gasteiger partial charge in [-0.1, -0.05) is 139 Å². The molecule has 1 aromatic heterocycles. The fourth-order valence-corrected chi connectivity index (χ4v) is 5.63. The lowest BCUT2D eigenvalue weighted by Gasteiger charge is -2.18. The van der Waals surface area contributed by atoms with Crippen LogP contribution in [0.15, 0.2) is 174 Å². The molecule has 0 fully saturated rings. The van der Waals surface area contributed by atoms with Crippen LogP contribution < -0.4 is 0 Å². The van der Waals surface area contributed by atoms with Crippen molar-refractivity contribution >= 4 is 65.0 Å². The molecule has 0 aliphatic rings. The highest BCUT2D eigenvalue weighted by Crippen LogP contribution is 2.44. The van der Waals surface area contributed by atoms with E-state index in [1.54, 1.807) is 0 Å². The zero-order valence-corrected chi connectivity index (χ0v) is 23.4. The second-order valence-corrected chi connectivity index (χ2v) is 10.3. The first-order chi connectivity index (χ1) is 35.0. The van der Waals surface area contributed by atoms with Gasteiger partial charge in [0.1, 0.15) is 11.2 Å². The number of fused-ring (bicyclic) bond motifs is 8. The van der Waals surface area contributed by atoms with Crippen LogP contribution in [-0.2, 0) is 0 Å². The van der Waals surface area contributed by atoms with Crippen molar-refractivity contribution in [1.29, 1.82) is 0 Å². The van der Waals surface area contributed by atoms with E-state index in [0.717, 1.165) is 0 Å². The van der Waals surface area contributed by atoms with E-state index in [1.807, 2.05) is 0 Å². The summed E-state index contributed by atoms with van der Waals surface area (Å²) in [6.45, 7) is 0. The van der Waals surface area contributed by atoms with Gasteiger partial charge in [-0.05, 0) is 101 Å². The lowest BCUT2D eigenvalue weighted by atomic mass is 9.85. The van der Waals surface area contributed by atoms with Gasteiger partial charge in [0.05, 0.1) is 38.4 Å². The Kier molecular flexibility index (Phi) is 2.31. The summed E-state index contributed by atoms with van der Waals surface area (Å²) in [5, 5.41) is -5.86. The van der Waals surface area contributed by atoms with E-state index in [9.17, 15) is 17.8 Å². The quantitative estimate of drug-likeness (QED) is 0.178. The molecule has 0 N–H and O–H groups in total. The molecule has 10 rings (SSSR count). The average Bonchev–Trinajstić information content (AvgIpc) is 3.79. The minimum absolute atomic E-state index is 0.314. The van der Waals surface area contributed by atoms with Gasteiger partial charge in [-0.25, -0.2) is 0 Å². The normalized spacial score (nSPS) is 20.2. The summed E-state index contributed by atoms with van der Waals surface area (Å²) in [7, 11) is 0. The molecule has 10 aromatic rings. The summed E-state index contributed by atoms with van der Waals surface area (Å²) in [5.41, 5.74) is -5.66. The summed E-state index contributed by atoms with van der Waals surface area (Å²) in [6.07, 6.45) is 0. The van der Waals surface area contributed by atoms with Crippen LogP contribution in [0.3, 0.4) is 0 Å². The highest BCUT2D eigenvalue weighted by molar-refractivity contribution is 6.22. The molecule has 0 spiro atoms. The van der Waals surface area contributed by atoms with Crippen LogP contribution in [0.1, 0.15) is 38.4 Å². The van der Waals surface area contributed by atoms with Crippen molar-refractivity contribution in [2.75, 3.05) is 0 Å². The van der Waals surface area contributed by atoms with Crippen LogP contribution in [0.5, 0.6) is 0 Å². The topological polar surface area (TPSA) is 13.1 Å². The zero-order valence-electron chi connectivity index (χ0n) is 51.4. The van der Waals surface area contributed by atoms with Gasteiger partial charge < -0.3 is 4.42 Å². The van der Waals surface area contributed by atoms with Crippen molar-refractivity contribution in [3.8, 4) is 33.4 Å². The zero-order chi connectivity index (χ0) is 55.3. The van der Waals surface area contributed by atoms with Gasteiger partial charge in [0.25, 0.3) is 0 Å². The second-order valence-electron chi connectivity index (χ2n) is 10.3. The summed E-state index contributed by atoms with van der Waals surface area (Å²) in [5.74, 6) is 0. The van der Waals surface area contributed by atoms with Crippen molar-refractivity contribution in [3.63, 3.8) is 0 Å². The van der Waals surface area contributed by atoms with Gasteiger partial charge in [-0.15, -0.1) is 0 Å². The number of furan rings is 1. The Morgan fingerprint density at radius 2 is 0.809 bits per heavy atom. The van der Waals surface area contributed by atoms with E-state index in [4.69, 9.17) is 25.0 Å². The first kappa shape index (κ1) is 10.7. The fourth-order valence-electron chi connectivity index (χ4n) is 5.63.